The van der Waals surface area contributed by atoms with Crippen LogP contribution in [0.1, 0.15) is 19.7 Å². The molecule has 0 bridgehead atoms. The zero-order chi connectivity index (χ0) is 18.4. The van der Waals surface area contributed by atoms with E-state index >= 15 is 0 Å². The number of ether oxygens (including phenoxy) is 1. The molecular formula is C19H20N4O2S. The third-order valence-corrected chi connectivity index (χ3v) is 3.63. The fourth-order valence-corrected chi connectivity index (χ4v) is 2.44. The molecule has 6 nitrogen and oxygen atoms in total. The molecule has 0 amide bonds. The molecular weight excluding hydrogens is 348 g/mol. The van der Waals surface area contributed by atoms with E-state index in [-0.39, 0.29) is 6.10 Å². The van der Waals surface area contributed by atoms with Crippen LogP contribution < -0.4 is 15.4 Å². The molecule has 0 atom stereocenters. The highest BCUT2D eigenvalue weighted by Gasteiger charge is 2.08. The average Bonchev–Trinajstić information content (AvgIpc) is 3.11. The van der Waals surface area contributed by atoms with Crippen LogP contribution in [0.5, 0.6) is 5.75 Å². The lowest BCUT2D eigenvalue weighted by Gasteiger charge is -2.12. The van der Waals surface area contributed by atoms with Crippen molar-refractivity contribution in [3.8, 4) is 17.1 Å². The first-order chi connectivity index (χ1) is 12.6. The van der Waals surface area contributed by atoms with Gasteiger partial charge in [-0.1, -0.05) is 35.5 Å². The standard InChI is InChI=1S/C19H20N4O2S/c1-13(2)24-16-10-8-15(9-11-16)21-19(26)20-12-17-22-18(23-25-17)14-6-4-3-5-7-14/h3-11,13H,12H2,1-2H3,(H2,20,21,26). The molecule has 3 rings (SSSR count). The number of nitrogens with zero attached hydrogens (tertiary/aromatic N) is 2. The van der Waals surface area contributed by atoms with E-state index in [9.17, 15) is 0 Å². The minimum atomic E-state index is 0.145. The van der Waals surface area contributed by atoms with Crippen LogP contribution in [0, 0.1) is 0 Å². The minimum Gasteiger partial charge on any atom is -0.491 e. The molecule has 2 aromatic carbocycles. The Hall–Kier alpha value is -2.93. The van der Waals surface area contributed by atoms with Crippen molar-refractivity contribution in [3.05, 3.63) is 60.5 Å². The second kappa shape index (κ2) is 8.44. The predicted octanol–water partition coefficient (Wildman–Crippen LogP) is 4.01. The third kappa shape index (κ3) is 5.03. The molecule has 0 aliphatic rings. The van der Waals surface area contributed by atoms with E-state index in [2.05, 4.69) is 20.8 Å². The van der Waals surface area contributed by atoms with Gasteiger partial charge in [-0.25, -0.2) is 0 Å². The Bertz CT molecular complexity index is 847. The van der Waals surface area contributed by atoms with Gasteiger partial charge in [0, 0.05) is 11.3 Å². The highest BCUT2D eigenvalue weighted by atomic mass is 32.1. The van der Waals surface area contributed by atoms with E-state index in [1.54, 1.807) is 0 Å². The number of hydrogen-bond donors (Lipinski definition) is 2. The molecule has 0 aliphatic heterocycles. The highest BCUT2D eigenvalue weighted by molar-refractivity contribution is 7.80. The Morgan fingerprint density at radius 1 is 1.12 bits per heavy atom. The topological polar surface area (TPSA) is 72.2 Å². The summed E-state index contributed by atoms with van der Waals surface area (Å²) in [5.41, 5.74) is 1.78. The van der Waals surface area contributed by atoms with Crippen LogP contribution in [-0.4, -0.2) is 21.4 Å². The van der Waals surface area contributed by atoms with Crippen molar-refractivity contribution in [3.63, 3.8) is 0 Å². The van der Waals surface area contributed by atoms with Crippen LogP contribution in [0.4, 0.5) is 5.69 Å². The first-order valence-electron chi connectivity index (χ1n) is 8.30. The van der Waals surface area contributed by atoms with Gasteiger partial charge in [0.1, 0.15) is 5.75 Å². The Labute approximate surface area is 157 Å². The Morgan fingerprint density at radius 3 is 2.54 bits per heavy atom. The van der Waals surface area contributed by atoms with Crippen molar-refractivity contribution in [1.82, 2.24) is 15.5 Å². The van der Waals surface area contributed by atoms with Crippen LogP contribution in [0.15, 0.2) is 59.1 Å². The van der Waals surface area contributed by atoms with Crippen molar-refractivity contribution in [2.24, 2.45) is 0 Å². The summed E-state index contributed by atoms with van der Waals surface area (Å²) < 4.78 is 10.9. The number of aromatic nitrogens is 2. The summed E-state index contributed by atoms with van der Waals surface area (Å²) in [5, 5.41) is 10.6. The maximum atomic E-state index is 5.61. The van der Waals surface area contributed by atoms with Crippen molar-refractivity contribution in [1.29, 1.82) is 0 Å². The summed E-state index contributed by atoms with van der Waals surface area (Å²) in [4.78, 5) is 4.35. The smallest absolute Gasteiger partial charge is 0.246 e. The van der Waals surface area contributed by atoms with Gasteiger partial charge >= 0.3 is 0 Å². The first kappa shape index (κ1) is 17.9. The van der Waals surface area contributed by atoms with Crippen LogP contribution >= 0.6 is 12.2 Å². The van der Waals surface area contributed by atoms with Gasteiger partial charge in [0.2, 0.25) is 11.7 Å². The van der Waals surface area contributed by atoms with Gasteiger partial charge in [-0.3, -0.25) is 0 Å². The van der Waals surface area contributed by atoms with E-state index in [1.807, 2.05) is 68.4 Å². The highest BCUT2D eigenvalue weighted by Crippen LogP contribution is 2.17. The van der Waals surface area contributed by atoms with Crippen molar-refractivity contribution >= 4 is 23.0 Å². The predicted molar refractivity (Wildman–Crippen MR) is 105 cm³/mol. The van der Waals surface area contributed by atoms with Gasteiger partial charge in [-0.05, 0) is 50.3 Å². The van der Waals surface area contributed by atoms with Crippen LogP contribution in [0.2, 0.25) is 0 Å². The molecule has 2 N–H and O–H groups in total. The molecule has 0 fully saturated rings. The number of hydrogen-bond acceptors (Lipinski definition) is 5. The maximum Gasteiger partial charge on any atom is 0.246 e. The second-order valence-corrected chi connectivity index (χ2v) is 6.28. The monoisotopic (exact) mass is 368 g/mol. The van der Waals surface area contributed by atoms with Gasteiger partial charge in [-0.15, -0.1) is 0 Å². The molecule has 1 aromatic heterocycles. The van der Waals surface area contributed by atoms with Gasteiger partial charge < -0.3 is 19.9 Å². The number of benzene rings is 2. The zero-order valence-electron chi connectivity index (χ0n) is 14.6. The summed E-state index contributed by atoms with van der Waals surface area (Å²) >= 11 is 5.29. The van der Waals surface area contributed by atoms with Crippen molar-refractivity contribution < 1.29 is 9.26 Å². The number of anilines is 1. The van der Waals surface area contributed by atoms with E-state index in [0.29, 0.717) is 23.4 Å². The molecule has 1 heterocycles. The van der Waals surface area contributed by atoms with Crippen molar-refractivity contribution in [2.45, 2.75) is 26.5 Å². The van der Waals surface area contributed by atoms with Gasteiger partial charge in [0.05, 0.1) is 12.6 Å². The summed E-state index contributed by atoms with van der Waals surface area (Å²) in [5.74, 6) is 1.85. The molecule has 3 aromatic rings. The molecule has 0 saturated carbocycles. The van der Waals surface area contributed by atoms with E-state index in [0.717, 1.165) is 17.0 Å². The zero-order valence-corrected chi connectivity index (χ0v) is 15.4. The number of rotatable bonds is 6. The van der Waals surface area contributed by atoms with Crippen LogP contribution in [0.25, 0.3) is 11.4 Å². The molecule has 26 heavy (non-hydrogen) atoms. The van der Waals surface area contributed by atoms with E-state index in [1.165, 1.54) is 0 Å². The van der Waals surface area contributed by atoms with Crippen LogP contribution in [-0.2, 0) is 6.54 Å². The fourth-order valence-electron chi connectivity index (χ4n) is 2.25. The normalized spacial score (nSPS) is 10.6. The number of nitrogens with one attached hydrogen (secondary N) is 2. The Kier molecular flexibility index (Phi) is 5.80. The summed E-state index contributed by atoms with van der Waals surface area (Å²) in [6.07, 6.45) is 0.145. The lowest BCUT2D eigenvalue weighted by atomic mass is 10.2. The average molecular weight is 368 g/mol. The quantitative estimate of drug-likeness (QED) is 0.637. The molecule has 0 unspecified atom stereocenters. The lowest BCUT2D eigenvalue weighted by Crippen LogP contribution is -2.28. The Morgan fingerprint density at radius 2 is 1.85 bits per heavy atom. The maximum absolute atomic E-state index is 5.61. The van der Waals surface area contributed by atoms with E-state index in [4.69, 9.17) is 21.5 Å². The van der Waals surface area contributed by atoms with Gasteiger partial charge in [-0.2, -0.15) is 4.98 Å². The van der Waals surface area contributed by atoms with Gasteiger partial charge in [0.15, 0.2) is 5.11 Å². The largest absolute Gasteiger partial charge is 0.491 e. The molecule has 7 heteroatoms. The molecule has 0 radical (unpaired) electrons. The second-order valence-electron chi connectivity index (χ2n) is 5.88. The summed E-state index contributed by atoms with van der Waals surface area (Å²) in [6, 6.07) is 17.3. The van der Waals surface area contributed by atoms with E-state index < -0.39 is 0 Å². The molecule has 134 valence electrons. The van der Waals surface area contributed by atoms with Crippen LogP contribution in [0.3, 0.4) is 0 Å². The van der Waals surface area contributed by atoms with Gasteiger partial charge in [0.25, 0.3) is 0 Å². The fraction of sp³-hybridized carbons (Fsp3) is 0.211. The third-order valence-electron chi connectivity index (χ3n) is 3.38. The molecule has 0 spiro atoms. The van der Waals surface area contributed by atoms with Crippen molar-refractivity contribution in [2.75, 3.05) is 5.32 Å². The number of thiocarbonyl (C=S) groups is 1. The molecule has 0 saturated heterocycles. The first-order valence-corrected chi connectivity index (χ1v) is 8.70. The SMILES string of the molecule is CC(C)Oc1ccc(NC(=S)NCc2nc(-c3ccccc3)no2)cc1. The lowest BCUT2D eigenvalue weighted by molar-refractivity contribution is 0.242. The summed E-state index contributed by atoms with van der Waals surface area (Å²) in [7, 11) is 0. The minimum absolute atomic E-state index is 0.145. The Balaban J connectivity index is 1.50. The summed E-state index contributed by atoms with van der Waals surface area (Å²) in [6.45, 7) is 4.33. The molecule has 0 aliphatic carbocycles.